The molecule has 0 saturated carbocycles. The summed E-state index contributed by atoms with van der Waals surface area (Å²) in [5, 5.41) is 1.93. The van der Waals surface area contributed by atoms with Crippen molar-refractivity contribution in [1.82, 2.24) is 4.31 Å². The van der Waals surface area contributed by atoms with E-state index in [9.17, 15) is 8.42 Å². The first-order valence-corrected chi connectivity index (χ1v) is 9.91. The van der Waals surface area contributed by atoms with Crippen molar-refractivity contribution >= 4 is 58.9 Å². The number of nitrogens with zero attached hydrogens (tertiary/aromatic N) is 1. The first-order chi connectivity index (χ1) is 9.75. The third kappa shape index (κ3) is 3.34. The average Bonchev–Trinajstić information content (AvgIpc) is 2.89. The van der Waals surface area contributed by atoms with E-state index in [1.165, 1.54) is 15.6 Å². The molecule has 114 valence electrons. The van der Waals surface area contributed by atoms with Crippen LogP contribution in [-0.4, -0.2) is 19.8 Å². The fraction of sp³-hybridized carbons (Fsp3) is 0.231. The predicted octanol–water partition coefficient (Wildman–Crippen LogP) is 4.24. The van der Waals surface area contributed by atoms with Gasteiger partial charge in [0.15, 0.2) is 0 Å². The number of nitrogen functional groups attached to an aromatic ring is 1. The molecule has 1 unspecified atom stereocenters. The van der Waals surface area contributed by atoms with Crippen LogP contribution >= 0.6 is 43.2 Å². The van der Waals surface area contributed by atoms with Crippen molar-refractivity contribution in [2.75, 3.05) is 12.8 Å². The van der Waals surface area contributed by atoms with Gasteiger partial charge in [0.25, 0.3) is 0 Å². The Balaban J connectivity index is 2.47. The van der Waals surface area contributed by atoms with Gasteiger partial charge >= 0.3 is 0 Å². The maximum absolute atomic E-state index is 12.8. The molecule has 2 rings (SSSR count). The minimum absolute atomic E-state index is 0.0941. The van der Waals surface area contributed by atoms with E-state index in [0.29, 0.717) is 4.47 Å². The molecule has 1 aromatic heterocycles. The normalized spacial score (nSPS) is 13.6. The second-order valence-corrected chi connectivity index (χ2v) is 9.20. The number of hydrogen-bond donors (Lipinski definition) is 1. The highest BCUT2D eigenvalue weighted by atomic mass is 79.9. The van der Waals surface area contributed by atoms with Crippen molar-refractivity contribution in [1.29, 1.82) is 0 Å². The van der Waals surface area contributed by atoms with E-state index >= 15 is 0 Å². The number of hydrogen-bond acceptors (Lipinski definition) is 4. The third-order valence-electron chi connectivity index (χ3n) is 3.17. The van der Waals surface area contributed by atoms with E-state index in [0.717, 1.165) is 9.35 Å². The summed E-state index contributed by atoms with van der Waals surface area (Å²) in [4.78, 5) is 1.07. The summed E-state index contributed by atoms with van der Waals surface area (Å²) in [6.45, 7) is 1.85. The van der Waals surface area contributed by atoms with Gasteiger partial charge in [0.2, 0.25) is 10.0 Å². The minimum atomic E-state index is -3.70. The minimum Gasteiger partial charge on any atom is -0.398 e. The molecule has 0 radical (unpaired) electrons. The standard InChI is InChI=1S/C13H14Br2N2O2S2/c1-8(12-4-3-5-20-12)17(2)21(18,19)13-10(15)6-9(14)7-11(13)16/h3-8H,16H2,1-2H3. The van der Waals surface area contributed by atoms with Gasteiger partial charge in [-0.15, -0.1) is 11.3 Å². The van der Waals surface area contributed by atoms with Crippen LogP contribution < -0.4 is 5.73 Å². The fourth-order valence-corrected chi connectivity index (χ4v) is 6.16. The topological polar surface area (TPSA) is 63.4 Å². The zero-order valence-corrected chi connectivity index (χ0v) is 16.2. The lowest BCUT2D eigenvalue weighted by Gasteiger charge is -2.24. The van der Waals surface area contributed by atoms with E-state index in [-0.39, 0.29) is 16.6 Å². The zero-order valence-electron chi connectivity index (χ0n) is 11.4. The number of halogens is 2. The monoisotopic (exact) mass is 452 g/mol. The van der Waals surface area contributed by atoms with Crippen molar-refractivity contribution in [2.45, 2.75) is 17.9 Å². The SMILES string of the molecule is CC(c1cccs1)N(C)S(=O)(=O)c1c(N)cc(Br)cc1Br. The largest absolute Gasteiger partial charge is 0.398 e. The van der Waals surface area contributed by atoms with Crippen LogP contribution in [0.5, 0.6) is 0 Å². The quantitative estimate of drug-likeness (QED) is 0.704. The number of sulfonamides is 1. The molecule has 2 N–H and O–H groups in total. The van der Waals surface area contributed by atoms with E-state index in [2.05, 4.69) is 31.9 Å². The number of rotatable bonds is 4. The molecule has 0 aliphatic heterocycles. The predicted molar refractivity (Wildman–Crippen MR) is 93.9 cm³/mol. The van der Waals surface area contributed by atoms with Gasteiger partial charge in [0.05, 0.1) is 11.7 Å². The van der Waals surface area contributed by atoms with Crippen molar-refractivity contribution in [3.63, 3.8) is 0 Å². The van der Waals surface area contributed by atoms with E-state index in [4.69, 9.17) is 5.73 Å². The lowest BCUT2D eigenvalue weighted by Crippen LogP contribution is -2.30. The van der Waals surface area contributed by atoms with Gasteiger partial charge in [-0.05, 0) is 46.4 Å². The lowest BCUT2D eigenvalue weighted by molar-refractivity contribution is 0.403. The Kier molecular flexibility index (Phi) is 5.15. The molecule has 1 atom stereocenters. The van der Waals surface area contributed by atoms with Crippen LogP contribution in [0.15, 0.2) is 43.5 Å². The number of nitrogens with two attached hydrogens (primary N) is 1. The fourth-order valence-electron chi connectivity index (χ4n) is 1.91. The Bertz CT molecular complexity index is 723. The van der Waals surface area contributed by atoms with Crippen LogP contribution in [0.25, 0.3) is 0 Å². The lowest BCUT2D eigenvalue weighted by atomic mass is 10.3. The molecular weight excluding hydrogens is 440 g/mol. The van der Waals surface area contributed by atoms with Gasteiger partial charge in [-0.1, -0.05) is 22.0 Å². The summed E-state index contributed by atoms with van der Waals surface area (Å²) in [5.41, 5.74) is 6.11. The van der Waals surface area contributed by atoms with E-state index < -0.39 is 10.0 Å². The number of benzene rings is 1. The van der Waals surface area contributed by atoms with Gasteiger partial charge < -0.3 is 5.73 Å². The molecule has 0 bridgehead atoms. The number of thiophene rings is 1. The van der Waals surface area contributed by atoms with E-state index in [1.54, 1.807) is 19.2 Å². The average molecular weight is 454 g/mol. The van der Waals surface area contributed by atoms with Crippen LogP contribution in [0, 0.1) is 0 Å². The van der Waals surface area contributed by atoms with Crippen molar-refractivity contribution < 1.29 is 8.42 Å². The van der Waals surface area contributed by atoms with Crippen molar-refractivity contribution in [3.05, 3.63) is 43.5 Å². The highest BCUT2D eigenvalue weighted by Gasteiger charge is 2.30. The number of anilines is 1. The molecule has 0 fully saturated rings. The second kappa shape index (κ2) is 6.37. The molecule has 0 saturated heterocycles. The molecule has 1 heterocycles. The maximum Gasteiger partial charge on any atom is 0.246 e. The Morgan fingerprint density at radius 1 is 1.33 bits per heavy atom. The molecule has 0 spiro atoms. The van der Waals surface area contributed by atoms with Gasteiger partial charge in [-0.25, -0.2) is 8.42 Å². The van der Waals surface area contributed by atoms with E-state index in [1.807, 2.05) is 24.4 Å². The van der Waals surface area contributed by atoms with Crippen LogP contribution in [0.4, 0.5) is 5.69 Å². The van der Waals surface area contributed by atoms with Gasteiger partial charge in [-0.2, -0.15) is 4.31 Å². The van der Waals surface area contributed by atoms with Crippen LogP contribution in [0.2, 0.25) is 0 Å². The smallest absolute Gasteiger partial charge is 0.246 e. The third-order valence-corrected chi connectivity index (χ3v) is 7.61. The Labute approximate surface area is 145 Å². The summed E-state index contributed by atoms with van der Waals surface area (Å²) >= 11 is 8.11. The first kappa shape index (κ1) is 17.0. The summed E-state index contributed by atoms with van der Waals surface area (Å²) in [5.74, 6) is 0. The highest BCUT2D eigenvalue weighted by molar-refractivity contribution is 9.11. The highest BCUT2D eigenvalue weighted by Crippen LogP contribution is 2.36. The molecule has 1 aromatic carbocycles. The second-order valence-electron chi connectivity index (χ2n) is 4.52. The van der Waals surface area contributed by atoms with Gasteiger partial charge in [-0.3, -0.25) is 0 Å². The van der Waals surface area contributed by atoms with Gasteiger partial charge in [0, 0.05) is 20.9 Å². The molecule has 21 heavy (non-hydrogen) atoms. The Hall–Kier alpha value is -0.410. The molecular formula is C13H14Br2N2O2S2. The first-order valence-electron chi connectivity index (χ1n) is 6.01. The van der Waals surface area contributed by atoms with Crippen LogP contribution in [0.3, 0.4) is 0 Å². The summed E-state index contributed by atoms with van der Waals surface area (Å²) in [6, 6.07) is 6.82. The zero-order chi connectivity index (χ0) is 15.8. The van der Waals surface area contributed by atoms with Gasteiger partial charge in [0.1, 0.15) is 4.90 Å². The van der Waals surface area contributed by atoms with Crippen LogP contribution in [0.1, 0.15) is 17.8 Å². The molecule has 2 aromatic rings. The summed E-state index contributed by atoms with van der Waals surface area (Å²) < 4.78 is 28.2. The summed E-state index contributed by atoms with van der Waals surface area (Å²) in [6.07, 6.45) is 0. The molecule has 0 amide bonds. The van der Waals surface area contributed by atoms with Crippen molar-refractivity contribution in [2.24, 2.45) is 0 Å². The molecule has 4 nitrogen and oxygen atoms in total. The molecule has 0 aliphatic carbocycles. The Morgan fingerprint density at radius 2 is 2.00 bits per heavy atom. The summed E-state index contributed by atoms with van der Waals surface area (Å²) in [7, 11) is -2.13. The molecule has 0 aliphatic rings. The maximum atomic E-state index is 12.8. The van der Waals surface area contributed by atoms with Crippen molar-refractivity contribution in [3.8, 4) is 0 Å². The Morgan fingerprint density at radius 3 is 2.52 bits per heavy atom. The molecule has 8 heteroatoms. The van der Waals surface area contributed by atoms with Crippen LogP contribution in [-0.2, 0) is 10.0 Å².